The first kappa shape index (κ1) is 24.8. The summed E-state index contributed by atoms with van der Waals surface area (Å²) in [6.07, 6.45) is 5.80. The molecule has 2 amide bonds. The number of hydrogen-bond acceptors (Lipinski definition) is 5. The molecule has 2 aromatic carbocycles. The van der Waals surface area contributed by atoms with Crippen LogP contribution in [0.4, 0.5) is 5.82 Å². The molecule has 0 aliphatic carbocycles. The molecule has 1 fully saturated rings. The highest BCUT2D eigenvalue weighted by Gasteiger charge is 2.29. The van der Waals surface area contributed by atoms with Crippen LogP contribution in [0.25, 0.3) is 22.3 Å². The molecule has 0 radical (unpaired) electrons. The van der Waals surface area contributed by atoms with Gasteiger partial charge in [-0.2, -0.15) is 5.10 Å². The topological polar surface area (TPSA) is 106 Å². The van der Waals surface area contributed by atoms with Gasteiger partial charge >= 0.3 is 0 Å². The van der Waals surface area contributed by atoms with Crippen LogP contribution >= 0.6 is 23.2 Å². The van der Waals surface area contributed by atoms with Crippen LogP contribution in [0.2, 0.25) is 10.0 Å². The third-order valence-corrected chi connectivity index (χ3v) is 6.78. The number of aromatic nitrogens is 3. The van der Waals surface area contributed by atoms with E-state index in [9.17, 15) is 9.59 Å². The maximum atomic E-state index is 13.1. The molecule has 1 aliphatic heterocycles. The smallest absolute Gasteiger partial charge is 0.255 e. The summed E-state index contributed by atoms with van der Waals surface area (Å²) in [6, 6.07) is 14.2. The number of carbonyl (C=O) groups excluding carboxylic acids is 2. The second kappa shape index (κ2) is 10.2. The Labute approximate surface area is 224 Å². The Balaban J connectivity index is 1.23. The van der Waals surface area contributed by atoms with E-state index < -0.39 is 0 Å². The monoisotopic (exact) mass is 534 g/mol. The number of pyridine rings is 1. The number of amides is 2. The van der Waals surface area contributed by atoms with Crippen molar-refractivity contribution in [3.63, 3.8) is 0 Å². The van der Waals surface area contributed by atoms with Gasteiger partial charge in [-0.15, -0.1) is 0 Å². The Hall–Kier alpha value is -3.88. The highest BCUT2D eigenvalue weighted by Crippen LogP contribution is 2.28. The zero-order valence-corrected chi connectivity index (χ0v) is 21.5. The third-order valence-electron chi connectivity index (χ3n) is 6.34. The van der Waals surface area contributed by atoms with E-state index in [0.717, 1.165) is 22.3 Å². The predicted octanol–water partition coefficient (Wildman–Crippen LogP) is 4.68. The lowest BCUT2D eigenvalue weighted by Crippen LogP contribution is -2.38. The van der Waals surface area contributed by atoms with Gasteiger partial charge in [0, 0.05) is 65.3 Å². The van der Waals surface area contributed by atoms with E-state index in [1.165, 1.54) is 0 Å². The van der Waals surface area contributed by atoms with Crippen LogP contribution in [-0.2, 0) is 7.05 Å². The van der Waals surface area contributed by atoms with Gasteiger partial charge in [0.15, 0.2) is 0 Å². The Kier molecular flexibility index (Phi) is 6.86. The van der Waals surface area contributed by atoms with Crippen LogP contribution in [0, 0.1) is 0 Å². The molecule has 3 heterocycles. The average Bonchev–Trinajstić information content (AvgIpc) is 3.52. The molecule has 10 heteroatoms. The highest BCUT2D eigenvalue weighted by molar-refractivity contribution is 6.35. The average molecular weight is 535 g/mol. The quantitative estimate of drug-likeness (QED) is 0.386. The van der Waals surface area contributed by atoms with E-state index in [1.54, 1.807) is 46.2 Å². The number of nitrogens with two attached hydrogens (primary N) is 1. The van der Waals surface area contributed by atoms with Crippen molar-refractivity contribution in [2.24, 2.45) is 7.05 Å². The Morgan fingerprint density at radius 3 is 2.38 bits per heavy atom. The largest absolute Gasteiger partial charge is 0.383 e. The summed E-state index contributed by atoms with van der Waals surface area (Å²) in [5, 5.41) is 8.26. The normalized spacial score (nSPS) is 15.1. The second-order valence-corrected chi connectivity index (χ2v) is 9.88. The summed E-state index contributed by atoms with van der Waals surface area (Å²) in [5.41, 5.74) is 10.2. The van der Waals surface area contributed by atoms with Crippen molar-refractivity contribution < 1.29 is 9.59 Å². The van der Waals surface area contributed by atoms with E-state index in [1.807, 2.05) is 37.5 Å². The minimum atomic E-state index is -0.320. The number of carbonyl (C=O) groups is 2. The van der Waals surface area contributed by atoms with Gasteiger partial charge in [-0.05, 0) is 53.9 Å². The van der Waals surface area contributed by atoms with Gasteiger partial charge in [-0.3, -0.25) is 14.3 Å². The molecular weight excluding hydrogens is 511 g/mol. The fraction of sp³-hybridized carbons (Fsp3) is 0.185. The standard InChI is InChI=1S/C27H24Cl2N6O2/c1-34-14-20(13-32-34)19-10-24(25(30)31-12-19)26(36)33-23-6-7-35(15-23)27(37)17-4-2-16(3-5-17)18-8-21(28)11-22(29)9-18/h2-5,8-14,23H,6-7,15H2,1H3,(H2,30,31)(H,33,36)/t23-/m1/s1. The summed E-state index contributed by atoms with van der Waals surface area (Å²) >= 11 is 12.2. The SMILES string of the molecule is Cn1cc(-c2cnc(N)c(C(=O)N[C@@H]3CCN(C(=O)c4ccc(-c5cc(Cl)cc(Cl)c5)cc4)C3)c2)cn1. The van der Waals surface area contributed by atoms with Crippen LogP contribution in [0.5, 0.6) is 0 Å². The Morgan fingerprint density at radius 2 is 1.70 bits per heavy atom. The molecule has 8 nitrogen and oxygen atoms in total. The number of hydrogen-bond donors (Lipinski definition) is 2. The zero-order valence-electron chi connectivity index (χ0n) is 20.0. The lowest BCUT2D eigenvalue weighted by Gasteiger charge is -2.18. The number of aryl methyl sites for hydroxylation is 1. The van der Waals surface area contributed by atoms with Gasteiger partial charge in [-0.1, -0.05) is 35.3 Å². The van der Waals surface area contributed by atoms with Gasteiger partial charge in [-0.25, -0.2) is 4.98 Å². The van der Waals surface area contributed by atoms with Crippen LogP contribution in [0.1, 0.15) is 27.1 Å². The number of anilines is 1. The summed E-state index contributed by atoms with van der Waals surface area (Å²) in [6.45, 7) is 0.949. The van der Waals surface area contributed by atoms with Gasteiger partial charge in [0.1, 0.15) is 5.82 Å². The lowest BCUT2D eigenvalue weighted by molar-refractivity contribution is 0.0783. The maximum absolute atomic E-state index is 13.1. The molecule has 0 spiro atoms. The number of benzene rings is 2. The predicted molar refractivity (Wildman–Crippen MR) is 145 cm³/mol. The number of halogens is 2. The van der Waals surface area contributed by atoms with Crippen molar-refractivity contribution in [1.82, 2.24) is 25.0 Å². The van der Waals surface area contributed by atoms with Crippen molar-refractivity contribution in [2.75, 3.05) is 18.8 Å². The van der Waals surface area contributed by atoms with Crippen LogP contribution in [-0.4, -0.2) is 50.6 Å². The number of nitrogens with zero attached hydrogens (tertiary/aromatic N) is 4. The molecule has 0 saturated carbocycles. The molecule has 0 unspecified atom stereocenters. The summed E-state index contributed by atoms with van der Waals surface area (Å²) in [7, 11) is 1.82. The molecule has 3 N–H and O–H groups in total. The fourth-order valence-corrected chi connectivity index (χ4v) is 4.95. The van der Waals surface area contributed by atoms with Crippen molar-refractivity contribution in [2.45, 2.75) is 12.5 Å². The van der Waals surface area contributed by atoms with Crippen LogP contribution in [0.3, 0.4) is 0 Å². The first-order valence-electron chi connectivity index (χ1n) is 11.7. The van der Waals surface area contributed by atoms with E-state index in [4.69, 9.17) is 28.9 Å². The summed E-state index contributed by atoms with van der Waals surface area (Å²) < 4.78 is 1.68. The molecule has 1 aliphatic rings. The lowest BCUT2D eigenvalue weighted by atomic mass is 10.0. The van der Waals surface area contributed by atoms with Gasteiger partial charge < -0.3 is 16.0 Å². The second-order valence-electron chi connectivity index (χ2n) is 9.01. The maximum Gasteiger partial charge on any atom is 0.255 e. The van der Waals surface area contributed by atoms with Crippen molar-refractivity contribution in [3.05, 3.63) is 88.3 Å². The summed E-state index contributed by atoms with van der Waals surface area (Å²) in [5.74, 6) is -0.260. The number of nitrogen functional groups attached to an aromatic ring is 1. The first-order valence-corrected chi connectivity index (χ1v) is 12.4. The molecular formula is C27H24Cl2N6O2. The first-order chi connectivity index (χ1) is 17.8. The van der Waals surface area contributed by atoms with E-state index in [2.05, 4.69) is 15.4 Å². The van der Waals surface area contributed by atoms with Gasteiger partial charge in [0.25, 0.3) is 11.8 Å². The number of nitrogens with one attached hydrogen (secondary N) is 1. The van der Waals surface area contributed by atoms with Crippen molar-refractivity contribution >= 4 is 40.8 Å². The molecule has 188 valence electrons. The molecule has 37 heavy (non-hydrogen) atoms. The molecule has 0 bridgehead atoms. The minimum absolute atomic E-state index is 0.0906. The zero-order chi connectivity index (χ0) is 26.1. The summed E-state index contributed by atoms with van der Waals surface area (Å²) in [4.78, 5) is 32.0. The van der Waals surface area contributed by atoms with Crippen LogP contribution < -0.4 is 11.1 Å². The van der Waals surface area contributed by atoms with Crippen molar-refractivity contribution in [1.29, 1.82) is 0 Å². The molecule has 4 aromatic rings. The molecule has 2 aromatic heterocycles. The highest BCUT2D eigenvalue weighted by atomic mass is 35.5. The van der Waals surface area contributed by atoms with E-state index in [-0.39, 0.29) is 23.7 Å². The Morgan fingerprint density at radius 1 is 0.973 bits per heavy atom. The number of rotatable bonds is 5. The number of likely N-dealkylation sites (tertiary alicyclic amines) is 1. The van der Waals surface area contributed by atoms with E-state index in [0.29, 0.717) is 40.7 Å². The molecule has 1 atom stereocenters. The molecule has 1 saturated heterocycles. The van der Waals surface area contributed by atoms with Gasteiger partial charge in [0.2, 0.25) is 0 Å². The van der Waals surface area contributed by atoms with Crippen molar-refractivity contribution in [3.8, 4) is 22.3 Å². The van der Waals surface area contributed by atoms with Gasteiger partial charge in [0.05, 0.1) is 11.8 Å². The third kappa shape index (κ3) is 5.45. The minimum Gasteiger partial charge on any atom is -0.383 e. The molecule has 5 rings (SSSR count). The van der Waals surface area contributed by atoms with Crippen LogP contribution in [0.15, 0.2) is 67.1 Å². The fourth-order valence-electron chi connectivity index (χ4n) is 4.42. The Bertz CT molecular complexity index is 1460. The van der Waals surface area contributed by atoms with E-state index >= 15 is 0 Å².